The van der Waals surface area contributed by atoms with E-state index in [-0.39, 0.29) is 0 Å². The van der Waals surface area contributed by atoms with Crippen molar-refractivity contribution in [2.75, 3.05) is 6.26 Å². The number of nitrogens with two attached hydrogens (primary N) is 1. The normalized spacial score (nSPS) is 10.7. The molecule has 2 rings (SSSR count). The van der Waals surface area contributed by atoms with Crippen LogP contribution in [0, 0.1) is 0 Å². The molecule has 0 bridgehead atoms. The van der Waals surface area contributed by atoms with Crippen LogP contribution in [0.25, 0.3) is 11.3 Å². The monoisotopic (exact) mass is 297 g/mol. The van der Waals surface area contributed by atoms with Crippen molar-refractivity contribution in [2.24, 2.45) is 5.73 Å². The van der Waals surface area contributed by atoms with Gasteiger partial charge in [-0.3, -0.25) is 0 Å². The lowest BCUT2D eigenvalue weighted by Crippen LogP contribution is -1.98. The maximum Gasteiger partial charge on any atom is 0.175 e. The lowest BCUT2D eigenvalue weighted by atomic mass is 10.1. The van der Waals surface area contributed by atoms with Gasteiger partial charge in [-0.05, 0) is 34.3 Å². The van der Waals surface area contributed by atoms with E-state index in [1.807, 2.05) is 0 Å². The van der Waals surface area contributed by atoms with Crippen LogP contribution < -0.4 is 5.73 Å². The molecule has 1 aromatic carbocycles. The number of thioether (sulfide) groups is 1. The predicted octanol–water partition coefficient (Wildman–Crippen LogP) is 3.02. The number of benzene rings is 1. The van der Waals surface area contributed by atoms with Gasteiger partial charge in [-0.15, -0.1) is 11.8 Å². The highest BCUT2D eigenvalue weighted by atomic mass is 79.9. The summed E-state index contributed by atoms with van der Waals surface area (Å²) >= 11 is 5.05. The highest BCUT2D eigenvalue weighted by Crippen LogP contribution is 2.25. The van der Waals surface area contributed by atoms with Crippen LogP contribution in [0.1, 0.15) is 5.69 Å². The summed E-state index contributed by atoms with van der Waals surface area (Å²) in [4.78, 5) is 8.72. The number of aromatic amines is 1. The van der Waals surface area contributed by atoms with Crippen molar-refractivity contribution in [3.05, 3.63) is 34.7 Å². The third kappa shape index (κ3) is 2.31. The molecule has 0 spiro atoms. The summed E-state index contributed by atoms with van der Waals surface area (Å²) in [5.74, 6) is 0. The Morgan fingerprint density at radius 2 is 2.06 bits per heavy atom. The number of hydrogen-bond acceptors (Lipinski definition) is 3. The number of aromatic nitrogens is 2. The summed E-state index contributed by atoms with van der Waals surface area (Å²) in [5, 5.41) is 0. The Morgan fingerprint density at radius 1 is 1.38 bits per heavy atom. The fourth-order valence-corrected chi connectivity index (χ4v) is 2.34. The van der Waals surface area contributed by atoms with Gasteiger partial charge in [-0.25, -0.2) is 4.98 Å². The molecule has 0 aliphatic rings. The third-order valence-corrected chi connectivity index (χ3v) is 3.44. The van der Waals surface area contributed by atoms with Crippen LogP contribution in [0.4, 0.5) is 0 Å². The van der Waals surface area contributed by atoms with E-state index in [0.29, 0.717) is 6.54 Å². The smallest absolute Gasteiger partial charge is 0.175 e. The molecule has 1 aromatic heterocycles. The van der Waals surface area contributed by atoms with Gasteiger partial charge in [0.15, 0.2) is 4.73 Å². The van der Waals surface area contributed by atoms with E-state index in [1.165, 1.54) is 4.90 Å². The van der Waals surface area contributed by atoms with Crippen molar-refractivity contribution in [2.45, 2.75) is 11.4 Å². The van der Waals surface area contributed by atoms with Gasteiger partial charge in [0.05, 0.1) is 11.4 Å². The van der Waals surface area contributed by atoms with Crippen LogP contribution in [0.15, 0.2) is 33.9 Å². The topological polar surface area (TPSA) is 54.7 Å². The molecule has 5 heteroatoms. The van der Waals surface area contributed by atoms with E-state index in [1.54, 1.807) is 11.8 Å². The summed E-state index contributed by atoms with van der Waals surface area (Å²) in [6.07, 6.45) is 2.06. The summed E-state index contributed by atoms with van der Waals surface area (Å²) in [6, 6.07) is 8.30. The molecule has 3 N–H and O–H groups in total. The zero-order valence-corrected chi connectivity index (χ0v) is 11.2. The van der Waals surface area contributed by atoms with E-state index >= 15 is 0 Å². The summed E-state index contributed by atoms with van der Waals surface area (Å²) in [6.45, 7) is 0.457. The van der Waals surface area contributed by atoms with E-state index < -0.39 is 0 Å². The quantitative estimate of drug-likeness (QED) is 0.856. The van der Waals surface area contributed by atoms with Crippen LogP contribution in [0.3, 0.4) is 0 Å². The highest BCUT2D eigenvalue weighted by molar-refractivity contribution is 9.10. The Balaban J connectivity index is 2.41. The molecule has 84 valence electrons. The first-order valence-corrected chi connectivity index (χ1v) is 6.85. The molecule has 0 fully saturated rings. The van der Waals surface area contributed by atoms with Gasteiger partial charge in [0.2, 0.25) is 0 Å². The molecule has 0 unspecified atom stereocenters. The molecule has 1 heterocycles. The van der Waals surface area contributed by atoms with Gasteiger partial charge in [0.25, 0.3) is 0 Å². The molecule has 0 saturated heterocycles. The van der Waals surface area contributed by atoms with E-state index in [0.717, 1.165) is 21.7 Å². The number of nitrogens with one attached hydrogen (secondary N) is 1. The van der Waals surface area contributed by atoms with E-state index in [4.69, 9.17) is 5.73 Å². The maximum absolute atomic E-state index is 5.66. The lowest BCUT2D eigenvalue weighted by Gasteiger charge is -2.01. The van der Waals surface area contributed by atoms with Gasteiger partial charge in [-0.1, -0.05) is 12.1 Å². The number of halogens is 1. The zero-order chi connectivity index (χ0) is 11.5. The van der Waals surface area contributed by atoms with Crippen molar-refractivity contribution >= 4 is 27.7 Å². The van der Waals surface area contributed by atoms with Crippen LogP contribution in [-0.2, 0) is 6.54 Å². The van der Waals surface area contributed by atoms with Crippen LogP contribution in [0.2, 0.25) is 0 Å². The number of nitrogens with zero attached hydrogens (tertiary/aromatic N) is 1. The number of imidazole rings is 1. The first-order valence-electron chi connectivity index (χ1n) is 4.83. The second-order valence-corrected chi connectivity index (χ2v) is 4.92. The number of H-pyrrole nitrogens is 1. The highest BCUT2D eigenvalue weighted by Gasteiger charge is 2.09. The van der Waals surface area contributed by atoms with Crippen molar-refractivity contribution in [3.63, 3.8) is 0 Å². The summed E-state index contributed by atoms with van der Waals surface area (Å²) < 4.78 is 0.719. The van der Waals surface area contributed by atoms with Gasteiger partial charge >= 0.3 is 0 Å². The van der Waals surface area contributed by atoms with Gasteiger partial charge in [0, 0.05) is 17.0 Å². The summed E-state index contributed by atoms with van der Waals surface area (Å²) in [5.41, 5.74) is 8.61. The van der Waals surface area contributed by atoms with Gasteiger partial charge in [-0.2, -0.15) is 0 Å². The first-order chi connectivity index (χ1) is 7.74. The zero-order valence-electron chi connectivity index (χ0n) is 8.83. The van der Waals surface area contributed by atoms with E-state index in [9.17, 15) is 0 Å². The fourth-order valence-electron chi connectivity index (χ4n) is 1.51. The Kier molecular flexibility index (Phi) is 3.68. The molecule has 3 nitrogen and oxygen atoms in total. The Bertz CT molecular complexity index is 478. The minimum Gasteiger partial charge on any atom is -0.335 e. The minimum atomic E-state index is 0.457. The maximum atomic E-state index is 5.66. The first kappa shape index (κ1) is 11.7. The fraction of sp³-hybridized carbons (Fsp3) is 0.182. The second kappa shape index (κ2) is 5.03. The predicted molar refractivity (Wildman–Crippen MR) is 71.4 cm³/mol. The molecule has 16 heavy (non-hydrogen) atoms. The number of hydrogen-bond donors (Lipinski definition) is 2. The van der Waals surface area contributed by atoms with Gasteiger partial charge < -0.3 is 10.7 Å². The summed E-state index contributed by atoms with van der Waals surface area (Å²) in [7, 11) is 0. The molecule has 0 aliphatic heterocycles. The van der Waals surface area contributed by atoms with E-state index in [2.05, 4.69) is 56.4 Å². The van der Waals surface area contributed by atoms with Crippen molar-refractivity contribution in [1.82, 2.24) is 9.97 Å². The molecular weight excluding hydrogens is 286 g/mol. The SMILES string of the molecule is CSc1ccc(-c2nc(Br)[nH]c2CN)cc1. The Morgan fingerprint density at radius 3 is 2.62 bits per heavy atom. The van der Waals surface area contributed by atoms with Gasteiger partial charge in [0.1, 0.15) is 0 Å². The third-order valence-electron chi connectivity index (χ3n) is 2.32. The largest absolute Gasteiger partial charge is 0.335 e. The van der Waals surface area contributed by atoms with Crippen LogP contribution in [0.5, 0.6) is 0 Å². The number of rotatable bonds is 3. The Hall–Kier alpha value is -0.780. The van der Waals surface area contributed by atoms with Crippen LogP contribution in [-0.4, -0.2) is 16.2 Å². The molecule has 0 atom stereocenters. The second-order valence-electron chi connectivity index (χ2n) is 3.29. The minimum absolute atomic E-state index is 0.457. The standard InChI is InChI=1S/C11H12BrN3S/c1-16-8-4-2-7(3-5-8)10-9(6-13)14-11(12)15-10/h2-5H,6,13H2,1H3,(H,14,15). The van der Waals surface area contributed by atoms with Crippen molar-refractivity contribution in [3.8, 4) is 11.3 Å². The molecule has 0 aliphatic carbocycles. The molecule has 0 radical (unpaired) electrons. The Labute approximate surface area is 107 Å². The van der Waals surface area contributed by atoms with Crippen molar-refractivity contribution < 1.29 is 0 Å². The molecular formula is C11H12BrN3S. The molecule has 0 amide bonds. The molecule has 0 saturated carbocycles. The van der Waals surface area contributed by atoms with Crippen molar-refractivity contribution in [1.29, 1.82) is 0 Å². The molecule has 2 aromatic rings. The average Bonchev–Trinajstić information content (AvgIpc) is 2.70. The van der Waals surface area contributed by atoms with Crippen LogP contribution >= 0.6 is 27.7 Å². The average molecular weight is 298 g/mol. The lowest BCUT2D eigenvalue weighted by molar-refractivity contribution is 1.01.